The topological polar surface area (TPSA) is 78.4 Å². The molecule has 0 aromatic carbocycles. The summed E-state index contributed by atoms with van der Waals surface area (Å²) in [5.41, 5.74) is 0. The van der Waals surface area contributed by atoms with E-state index in [-0.39, 0.29) is 88.7 Å². The van der Waals surface area contributed by atoms with E-state index in [1.54, 1.807) is 0 Å². The van der Waals surface area contributed by atoms with E-state index in [2.05, 4.69) is 4.43 Å². The van der Waals surface area contributed by atoms with E-state index in [9.17, 15) is 14.4 Å². The van der Waals surface area contributed by atoms with Crippen LogP contribution in [0.1, 0.15) is 13.8 Å². The zero-order valence-electron chi connectivity index (χ0n) is 7.71. The summed E-state index contributed by atoms with van der Waals surface area (Å²) in [4.78, 5) is 29.2. The largest absolute Gasteiger partial charge is 1.00 e. The predicted molar refractivity (Wildman–Crippen MR) is 22.0 cm³/mol. The number of hydrogen-bond donors (Lipinski definition) is 0. The van der Waals surface area contributed by atoms with Gasteiger partial charge in [0.05, 0.1) is 0 Å². The van der Waals surface area contributed by atoms with Gasteiger partial charge in [-0.25, -0.2) is 0 Å². The molecule has 4 nitrogen and oxygen atoms in total. The molecule has 0 bridgehead atoms. The van der Waals surface area contributed by atoms with Crippen LogP contribution in [0.5, 0.6) is 0 Å². The summed E-state index contributed by atoms with van der Waals surface area (Å²) in [6.07, 6.45) is -0.533. The molecule has 0 amide bonds. The van der Waals surface area contributed by atoms with Crippen LogP contribution in [0, 0.1) is 0 Å². The summed E-state index contributed by atoms with van der Waals surface area (Å²) in [6.45, 7) is 2.96. The Morgan fingerprint density at radius 2 is 1.27 bits per heavy atom. The van der Waals surface area contributed by atoms with Gasteiger partial charge in [0.25, 0.3) is 0 Å². The minimum absolute atomic E-state index is 0. The Kier molecular flexibility index (Phi) is 24.0. The number of hydrogen-bond acceptors (Lipinski definition) is 4. The first-order valence-corrected chi connectivity index (χ1v) is 3.84. The van der Waals surface area contributed by atoms with Crippen molar-refractivity contribution in [3.63, 3.8) is 0 Å². The third-order valence-corrected chi connectivity index (χ3v) is 1.14. The van der Waals surface area contributed by atoms with E-state index in [0.29, 0.717) is 0 Å². The first kappa shape index (κ1) is 23.7. The Balaban J connectivity index is -0.0000000817. The van der Waals surface area contributed by atoms with Gasteiger partial charge in [-0.2, -0.15) is 0 Å². The van der Waals surface area contributed by atoms with Gasteiger partial charge in [-0.3, -0.25) is 0 Å². The molecular weight excluding hydrogens is 197 g/mol. The smallest absolute Gasteiger partial charge is 0.861 e. The van der Waals surface area contributed by atoms with Crippen molar-refractivity contribution in [3.05, 3.63) is 0 Å². The zero-order chi connectivity index (χ0) is 6.78. The van der Waals surface area contributed by atoms with Crippen LogP contribution in [0.3, 0.4) is 0 Å². The molecule has 0 fully saturated rings. The van der Waals surface area contributed by atoms with E-state index < -0.39 is 15.2 Å². The molecule has 8 heteroatoms. The Labute approximate surface area is 134 Å². The number of rotatable bonds is 2. The maximum absolute atomic E-state index is 9.72. The van der Waals surface area contributed by atoms with Gasteiger partial charge in [0, 0.05) is 6.10 Å². The van der Waals surface area contributed by atoms with Gasteiger partial charge < -0.3 is 18.8 Å². The molecule has 0 radical (unpaired) electrons. The molecule has 0 aromatic heterocycles. The normalized spacial score (nSPS) is 9.27. The quantitative estimate of drug-likeness (QED) is 0.418. The Morgan fingerprint density at radius 1 is 1.00 bits per heavy atom. The maximum atomic E-state index is 9.72. The third-order valence-electron chi connectivity index (χ3n) is 0.380. The van der Waals surface area contributed by atoms with Gasteiger partial charge in [0.15, 0.2) is 0 Å². The fraction of sp³-hybridized carbons (Fsp3) is 1.00. The van der Waals surface area contributed by atoms with Gasteiger partial charge in [0.1, 0.15) is 0 Å². The van der Waals surface area contributed by atoms with Crippen LogP contribution in [0.25, 0.3) is 0 Å². The minimum Gasteiger partial charge on any atom is -0.861 e. The zero-order valence-corrected chi connectivity index (χ0v) is 14.7. The Bertz CT molecular complexity index is 75.5. The van der Waals surface area contributed by atoms with Crippen molar-refractivity contribution < 1.29 is 107 Å². The van der Waals surface area contributed by atoms with E-state index in [4.69, 9.17) is 0 Å². The second-order valence-electron chi connectivity index (χ2n) is 1.67. The summed E-state index contributed by atoms with van der Waals surface area (Å²) in [7, 11) is -4.97. The average molecular weight is 204 g/mol. The van der Waals surface area contributed by atoms with Gasteiger partial charge in [-0.05, 0) is 13.8 Å². The van der Waals surface area contributed by atoms with Gasteiger partial charge in [0.2, 0.25) is 0 Å². The van der Waals surface area contributed by atoms with E-state index in [1.165, 1.54) is 13.8 Å². The SMILES string of the molecule is CC(C)O[Si]([O-])([O-])[O-].[Na+].[Na+].[Na+]. The van der Waals surface area contributed by atoms with Crippen molar-refractivity contribution in [3.8, 4) is 0 Å². The molecule has 0 atom stereocenters. The minimum atomic E-state index is -4.97. The monoisotopic (exact) mass is 204 g/mol. The molecule has 11 heavy (non-hydrogen) atoms. The molecule has 0 aromatic rings. The second kappa shape index (κ2) is 11.1. The Hall–Kier alpha value is 3.06. The van der Waals surface area contributed by atoms with Crippen molar-refractivity contribution in [1.82, 2.24) is 0 Å². The van der Waals surface area contributed by atoms with Crippen molar-refractivity contribution >= 4 is 9.05 Å². The van der Waals surface area contributed by atoms with Crippen LogP contribution in [0.15, 0.2) is 0 Å². The molecule has 50 valence electrons. The first-order valence-electron chi connectivity index (χ1n) is 2.21. The molecule has 0 spiro atoms. The van der Waals surface area contributed by atoms with Crippen LogP contribution in [-0.2, 0) is 4.43 Å². The molecule has 0 N–H and O–H groups in total. The first-order chi connectivity index (χ1) is 3.42. The van der Waals surface area contributed by atoms with Gasteiger partial charge in [-0.15, -0.1) is 9.05 Å². The fourth-order valence-electron chi connectivity index (χ4n) is 0.289. The molecule has 0 saturated carbocycles. The van der Waals surface area contributed by atoms with Crippen LogP contribution in [0.2, 0.25) is 0 Å². The summed E-state index contributed by atoms with van der Waals surface area (Å²) in [5, 5.41) is 0. The predicted octanol–water partition coefficient (Wildman–Crippen LogP) is -12.1. The van der Waals surface area contributed by atoms with Crippen molar-refractivity contribution in [2.45, 2.75) is 20.0 Å². The molecule has 0 aliphatic rings. The van der Waals surface area contributed by atoms with Crippen LogP contribution >= 0.6 is 0 Å². The molecule has 0 unspecified atom stereocenters. The summed E-state index contributed by atoms with van der Waals surface area (Å²) in [6, 6.07) is 0. The molecule has 0 heterocycles. The van der Waals surface area contributed by atoms with Gasteiger partial charge in [-0.1, -0.05) is 0 Å². The van der Waals surface area contributed by atoms with E-state index in [0.717, 1.165) is 0 Å². The van der Waals surface area contributed by atoms with Crippen molar-refractivity contribution in [2.75, 3.05) is 0 Å². The average Bonchev–Trinajstić information content (AvgIpc) is 1.21. The van der Waals surface area contributed by atoms with Crippen molar-refractivity contribution in [1.29, 1.82) is 0 Å². The van der Waals surface area contributed by atoms with E-state index in [1.807, 2.05) is 0 Å². The second-order valence-corrected chi connectivity index (χ2v) is 2.90. The van der Waals surface area contributed by atoms with Crippen molar-refractivity contribution in [2.24, 2.45) is 0 Å². The molecule has 0 rings (SSSR count). The molecule has 0 aliphatic heterocycles. The third kappa shape index (κ3) is 24.6. The standard InChI is InChI=1S/C3H7O4Si.3Na/c1-3(2)7-8(4,5)6;;;/h3H,1-2H3;;;/q-3;3*+1. The van der Waals surface area contributed by atoms with Gasteiger partial charge >= 0.3 is 88.7 Å². The summed E-state index contributed by atoms with van der Waals surface area (Å²) >= 11 is 0. The van der Waals surface area contributed by atoms with Crippen LogP contribution in [-0.4, -0.2) is 15.2 Å². The summed E-state index contributed by atoms with van der Waals surface area (Å²) < 4.78 is 3.91. The maximum Gasteiger partial charge on any atom is 1.00 e. The Morgan fingerprint density at radius 3 is 1.27 bits per heavy atom. The molecule has 0 aliphatic carbocycles. The fourth-order valence-corrected chi connectivity index (χ4v) is 0.866. The van der Waals surface area contributed by atoms with E-state index >= 15 is 0 Å². The van der Waals surface area contributed by atoms with Crippen LogP contribution in [0.4, 0.5) is 0 Å². The van der Waals surface area contributed by atoms with Crippen LogP contribution < -0.4 is 103 Å². The molecular formula is C3H7Na3O4Si. The molecule has 0 saturated heterocycles. The summed E-state index contributed by atoms with van der Waals surface area (Å²) in [5.74, 6) is 0.